The van der Waals surface area contributed by atoms with Crippen molar-refractivity contribution in [1.82, 2.24) is 0 Å². The van der Waals surface area contributed by atoms with Gasteiger partial charge in [-0.25, -0.2) is 0 Å². The van der Waals surface area contributed by atoms with E-state index in [1.165, 1.54) is 10.5 Å². The molecule has 0 saturated carbocycles. The Hall–Kier alpha value is -1.12. The Bertz CT molecular complexity index is 468. The Morgan fingerprint density at radius 1 is 1.06 bits per heavy atom. The lowest BCUT2D eigenvalue weighted by Crippen LogP contribution is -1.83. The van der Waals surface area contributed by atoms with Crippen molar-refractivity contribution >= 4 is 29.1 Å². The van der Waals surface area contributed by atoms with E-state index in [0.29, 0.717) is 0 Å². The lowest BCUT2D eigenvalue weighted by molar-refractivity contribution is 1.38. The smallest absolute Gasteiger partial charge is 0.0409 e. The predicted molar refractivity (Wildman–Crippen MR) is 71.9 cm³/mol. The summed E-state index contributed by atoms with van der Waals surface area (Å²) in [5.41, 5.74) is 7.66. The molecule has 3 heteroatoms. The maximum Gasteiger partial charge on any atom is 0.0409 e. The Labute approximate surface area is 105 Å². The molecule has 0 aliphatic heterocycles. The van der Waals surface area contributed by atoms with Crippen LogP contribution in [0.25, 0.3) is 0 Å². The third-order valence-corrected chi connectivity index (χ3v) is 3.49. The summed E-state index contributed by atoms with van der Waals surface area (Å²) in [6.45, 7) is 0. The van der Waals surface area contributed by atoms with Crippen molar-refractivity contribution in [2.24, 2.45) is 0 Å². The highest BCUT2D eigenvalue weighted by Crippen LogP contribution is 2.24. The van der Waals surface area contributed by atoms with E-state index in [1.54, 1.807) is 11.8 Å². The minimum Gasteiger partial charge on any atom is -0.399 e. The summed E-state index contributed by atoms with van der Waals surface area (Å²) < 4.78 is 0. The molecule has 0 fully saturated rings. The number of halogens is 1. The summed E-state index contributed by atoms with van der Waals surface area (Å²) in [7, 11) is 0. The quantitative estimate of drug-likeness (QED) is 0.651. The zero-order valence-electron chi connectivity index (χ0n) is 8.69. The van der Waals surface area contributed by atoms with Crippen LogP contribution in [0.5, 0.6) is 0 Å². The first kappa shape index (κ1) is 11.4. The second kappa shape index (κ2) is 5.28. The van der Waals surface area contributed by atoms with Crippen molar-refractivity contribution in [3.63, 3.8) is 0 Å². The van der Waals surface area contributed by atoms with Gasteiger partial charge in [-0.15, -0.1) is 11.8 Å². The van der Waals surface area contributed by atoms with Crippen molar-refractivity contribution in [3.05, 3.63) is 59.1 Å². The molecular weight excluding hydrogens is 238 g/mol. The van der Waals surface area contributed by atoms with Gasteiger partial charge in [-0.1, -0.05) is 23.7 Å². The Morgan fingerprint density at radius 3 is 2.50 bits per heavy atom. The highest BCUT2D eigenvalue weighted by Gasteiger charge is 1.97. The molecule has 1 nitrogen and oxygen atoms in total. The van der Waals surface area contributed by atoms with Crippen molar-refractivity contribution < 1.29 is 0 Å². The molecule has 16 heavy (non-hydrogen) atoms. The average molecular weight is 250 g/mol. The molecule has 0 aliphatic carbocycles. The van der Waals surface area contributed by atoms with E-state index in [2.05, 4.69) is 6.07 Å². The van der Waals surface area contributed by atoms with Gasteiger partial charge in [0.15, 0.2) is 0 Å². The van der Waals surface area contributed by atoms with Crippen LogP contribution in [0.4, 0.5) is 5.69 Å². The van der Waals surface area contributed by atoms with Crippen LogP contribution in [0.3, 0.4) is 0 Å². The zero-order valence-corrected chi connectivity index (χ0v) is 10.3. The maximum absolute atomic E-state index is 5.92. The molecule has 0 saturated heterocycles. The minimum absolute atomic E-state index is 0.787. The fraction of sp³-hybridized carbons (Fsp3) is 0.0769. The van der Waals surface area contributed by atoms with Crippen molar-refractivity contribution in [1.29, 1.82) is 0 Å². The molecule has 0 aromatic heterocycles. The van der Waals surface area contributed by atoms with Crippen LogP contribution in [0.15, 0.2) is 53.4 Å². The number of anilines is 1. The second-order valence-electron chi connectivity index (χ2n) is 3.49. The van der Waals surface area contributed by atoms with Gasteiger partial charge in [0.25, 0.3) is 0 Å². The number of rotatable bonds is 3. The second-order valence-corrected chi connectivity index (χ2v) is 4.97. The highest BCUT2D eigenvalue weighted by atomic mass is 35.5. The van der Waals surface area contributed by atoms with Gasteiger partial charge in [0.1, 0.15) is 0 Å². The summed E-state index contributed by atoms with van der Waals surface area (Å²) >= 11 is 7.70. The number of benzene rings is 2. The van der Waals surface area contributed by atoms with E-state index in [4.69, 9.17) is 17.3 Å². The molecule has 0 radical (unpaired) electrons. The van der Waals surface area contributed by atoms with Gasteiger partial charge >= 0.3 is 0 Å². The fourth-order valence-electron chi connectivity index (χ4n) is 1.36. The first-order valence-corrected chi connectivity index (χ1v) is 6.33. The third-order valence-electron chi connectivity index (χ3n) is 2.17. The Balaban J connectivity index is 1.99. The zero-order chi connectivity index (χ0) is 11.4. The third kappa shape index (κ3) is 3.19. The lowest BCUT2D eigenvalue weighted by atomic mass is 10.2. The largest absolute Gasteiger partial charge is 0.399 e. The van der Waals surface area contributed by atoms with Gasteiger partial charge in [0.2, 0.25) is 0 Å². The van der Waals surface area contributed by atoms with Crippen molar-refractivity contribution in [2.75, 3.05) is 5.73 Å². The molecule has 0 unspecified atom stereocenters. The molecule has 0 amide bonds. The summed E-state index contributed by atoms with van der Waals surface area (Å²) in [5.74, 6) is 0.921. The monoisotopic (exact) mass is 249 g/mol. The minimum atomic E-state index is 0.787. The topological polar surface area (TPSA) is 26.0 Å². The SMILES string of the molecule is Nc1ccc(SCc2cccc(Cl)c2)cc1. The van der Waals surface area contributed by atoms with Crippen LogP contribution in [-0.2, 0) is 5.75 Å². The summed E-state index contributed by atoms with van der Waals surface area (Å²) in [4.78, 5) is 1.22. The molecule has 2 rings (SSSR count). The summed E-state index contributed by atoms with van der Waals surface area (Å²) in [5, 5.41) is 0.787. The van der Waals surface area contributed by atoms with Gasteiger partial charge in [-0.3, -0.25) is 0 Å². The van der Waals surface area contributed by atoms with E-state index in [0.717, 1.165) is 16.5 Å². The lowest BCUT2D eigenvalue weighted by Gasteiger charge is -2.03. The number of thioether (sulfide) groups is 1. The van der Waals surface area contributed by atoms with E-state index in [9.17, 15) is 0 Å². The summed E-state index contributed by atoms with van der Waals surface area (Å²) in [6, 6.07) is 15.8. The van der Waals surface area contributed by atoms with Crippen LogP contribution in [0.1, 0.15) is 5.56 Å². The molecule has 82 valence electrons. The number of nitrogens with two attached hydrogens (primary N) is 1. The first-order chi connectivity index (χ1) is 7.74. The fourth-order valence-corrected chi connectivity index (χ4v) is 2.41. The highest BCUT2D eigenvalue weighted by molar-refractivity contribution is 7.98. The normalized spacial score (nSPS) is 10.3. The molecule has 2 aromatic carbocycles. The number of nitrogen functional groups attached to an aromatic ring is 1. The van der Waals surface area contributed by atoms with Gasteiger partial charge in [0, 0.05) is 21.4 Å². The first-order valence-electron chi connectivity index (χ1n) is 4.97. The Morgan fingerprint density at radius 2 is 1.81 bits per heavy atom. The van der Waals surface area contributed by atoms with Crippen LogP contribution >= 0.6 is 23.4 Å². The van der Waals surface area contributed by atoms with E-state index in [1.807, 2.05) is 42.5 Å². The standard InChI is InChI=1S/C13H12ClNS/c14-11-3-1-2-10(8-11)9-16-13-6-4-12(15)5-7-13/h1-8H,9,15H2. The van der Waals surface area contributed by atoms with Gasteiger partial charge in [-0.05, 0) is 42.0 Å². The number of hydrogen-bond donors (Lipinski definition) is 1. The van der Waals surface area contributed by atoms with Crippen LogP contribution in [0.2, 0.25) is 5.02 Å². The van der Waals surface area contributed by atoms with Gasteiger partial charge in [-0.2, -0.15) is 0 Å². The molecular formula is C13H12ClNS. The van der Waals surface area contributed by atoms with E-state index < -0.39 is 0 Å². The van der Waals surface area contributed by atoms with Gasteiger partial charge < -0.3 is 5.73 Å². The molecule has 0 heterocycles. The van der Waals surface area contributed by atoms with Crippen LogP contribution in [-0.4, -0.2) is 0 Å². The van der Waals surface area contributed by atoms with E-state index in [-0.39, 0.29) is 0 Å². The van der Waals surface area contributed by atoms with Crippen LogP contribution < -0.4 is 5.73 Å². The average Bonchev–Trinajstić information content (AvgIpc) is 2.28. The molecule has 0 spiro atoms. The molecule has 0 aliphatic rings. The Kier molecular flexibility index (Phi) is 3.75. The van der Waals surface area contributed by atoms with E-state index >= 15 is 0 Å². The van der Waals surface area contributed by atoms with Gasteiger partial charge in [0.05, 0.1) is 0 Å². The molecule has 0 bridgehead atoms. The molecule has 2 aromatic rings. The van der Waals surface area contributed by atoms with Crippen molar-refractivity contribution in [3.8, 4) is 0 Å². The maximum atomic E-state index is 5.92. The number of hydrogen-bond acceptors (Lipinski definition) is 2. The summed E-state index contributed by atoms with van der Waals surface area (Å²) in [6.07, 6.45) is 0. The molecule has 2 N–H and O–H groups in total. The molecule has 0 atom stereocenters. The van der Waals surface area contributed by atoms with Crippen LogP contribution in [0, 0.1) is 0 Å². The van der Waals surface area contributed by atoms with Crippen molar-refractivity contribution in [2.45, 2.75) is 10.6 Å². The predicted octanol–water partition coefficient (Wildman–Crippen LogP) is 4.21.